The molecule has 2 N–H and O–H groups in total. The van der Waals surface area contributed by atoms with Crippen molar-refractivity contribution in [3.05, 3.63) is 11.6 Å². The molecule has 8 atom stereocenters. The van der Waals surface area contributed by atoms with Gasteiger partial charge in [0.15, 0.2) is 0 Å². The summed E-state index contributed by atoms with van der Waals surface area (Å²) >= 11 is 0. The molecule has 4 aliphatic carbocycles. The smallest absolute Gasteiger partial charge is 0.0657 e. The standard InChI is InChI=1S/C30H52O2/c1-7-30(32,8-2)16-9-10-21(3)24-13-14-25-23-12-11-22-20-27(4,31)18-19-28(22,5)26(23)15-17-29(24,25)6/h11,21,23-26,31-32H,7-10,12-20H2,1-6H3/t21-,23+,24-,25+,26+,27+,28+,29-/m1/s1. The Morgan fingerprint density at radius 3 is 2.44 bits per heavy atom. The Balaban J connectivity index is 1.44. The maximum absolute atomic E-state index is 10.7. The SMILES string of the molecule is CCC(O)(CC)CCC[C@@H](C)[C@H]1CC[C@H]2[C@@H]3CC=C4C[C@@](C)(O)CC[C@]4(C)[C@H]3CC[C@]12C. The van der Waals surface area contributed by atoms with E-state index < -0.39 is 11.2 Å². The van der Waals surface area contributed by atoms with Crippen LogP contribution in [0.2, 0.25) is 0 Å². The lowest BCUT2D eigenvalue weighted by atomic mass is 9.46. The van der Waals surface area contributed by atoms with Gasteiger partial charge in [0.25, 0.3) is 0 Å². The molecule has 3 saturated carbocycles. The van der Waals surface area contributed by atoms with E-state index in [0.29, 0.717) is 10.8 Å². The Hall–Kier alpha value is -0.340. The third-order valence-electron chi connectivity index (χ3n) is 11.8. The topological polar surface area (TPSA) is 40.5 Å². The molecule has 32 heavy (non-hydrogen) atoms. The summed E-state index contributed by atoms with van der Waals surface area (Å²) in [5.41, 5.74) is 1.50. The molecule has 0 spiro atoms. The minimum atomic E-state index is -0.489. The summed E-state index contributed by atoms with van der Waals surface area (Å²) in [5, 5.41) is 21.4. The van der Waals surface area contributed by atoms with Crippen molar-refractivity contribution >= 4 is 0 Å². The molecule has 0 radical (unpaired) electrons. The van der Waals surface area contributed by atoms with E-state index in [1.54, 1.807) is 5.57 Å². The summed E-state index contributed by atoms with van der Waals surface area (Å²) in [5.74, 6) is 4.20. The zero-order valence-corrected chi connectivity index (χ0v) is 22.1. The van der Waals surface area contributed by atoms with E-state index in [0.717, 1.165) is 61.7 Å². The Kier molecular flexibility index (Phi) is 6.74. The van der Waals surface area contributed by atoms with Gasteiger partial charge >= 0.3 is 0 Å². The van der Waals surface area contributed by atoms with Crippen LogP contribution < -0.4 is 0 Å². The van der Waals surface area contributed by atoms with E-state index in [4.69, 9.17) is 0 Å². The molecule has 0 amide bonds. The van der Waals surface area contributed by atoms with Crippen molar-refractivity contribution in [1.29, 1.82) is 0 Å². The molecular weight excluding hydrogens is 392 g/mol. The molecule has 4 aliphatic rings. The number of rotatable bonds is 7. The first-order valence-electron chi connectivity index (χ1n) is 14.1. The number of allylic oxidation sites excluding steroid dienone is 1. The first-order valence-corrected chi connectivity index (χ1v) is 14.1. The third-order valence-corrected chi connectivity index (χ3v) is 11.8. The minimum Gasteiger partial charge on any atom is -0.390 e. The largest absolute Gasteiger partial charge is 0.390 e. The van der Waals surface area contributed by atoms with Crippen molar-refractivity contribution in [3.63, 3.8) is 0 Å². The second-order valence-corrected chi connectivity index (χ2v) is 13.5. The van der Waals surface area contributed by atoms with Gasteiger partial charge in [-0.3, -0.25) is 0 Å². The second kappa shape index (κ2) is 8.71. The van der Waals surface area contributed by atoms with Crippen molar-refractivity contribution in [2.24, 2.45) is 40.4 Å². The van der Waals surface area contributed by atoms with Crippen molar-refractivity contribution in [2.45, 2.75) is 136 Å². The Bertz CT molecular complexity index is 704. The summed E-state index contributed by atoms with van der Waals surface area (Å²) in [7, 11) is 0. The number of fused-ring (bicyclic) bond motifs is 5. The predicted molar refractivity (Wildman–Crippen MR) is 134 cm³/mol. The van der Waals surface area contributed by atoms with Crippen LogP contribution in [0.4, 0.5) is 0 Å². The van der Waals surface area contributed by atoms with Crippen LogP contribution in [0.1, 0.15) is 125 Å². The molecule has 2 nitrogen and oxygen atoms in total. The first kappa shape index (κ1) is 24.8. The minimum absolute atomic E-state index is 0.334. The second-order valence-electron chi connectivity index (χ2n) is 13.5. The lowest BCUT2D eigenvalue weighted by molar-refractivity contribution is -0.0708. The molecule has 0 unspecified atom stereocenters. The van der Waals surface area contributed by atoms with Crippen LogP contribution in [0.5, 0.6) is 0 Å². The predicted octanol–water partition coefficient (Wildman–Crippen LogP) is 7.67. The van der Waals surface area contributed by atoms with Crippen molar-refractivity contribution < 1.29 is 10.2 Å². The van der Waals surface area contributed by atoms with Gasteiger partial charge in [-0.1, -0.05) is 59.1 Å². The van der Waals surface area contributed by atoms with Gasteiger partial charge in [-0.25, -0.2) is 0 Å². The molecule has 0 aromatic carbocycles. The zero-order valence-electron chi connectivity index (χ0n) is 22.1. The van der Waals surface area contributed by atoms with E-state index in [1.165, 1.54) is 51.4 Å². The van der Waals surface area contributed by atoms with Crippen LogP contribution in [-0.2, 0) is 0 Å². The van der Waals surface area contributed by atoms with Crippen molar-refractivity contribution in [2.75, 3.05) is 0 Å². The quantitative estimate of drug-likeness (QED) is 0.395. The normalized spacial score (nSPS) is 44.9. The van der Waals surface area contributed by atoms with Gasteiger partial charge in [0.05, 0.1) is 11.2 Å². The van der Waals surface area contributed by atoms with Crippen molar-refractivity contribution in [3.8, 4) is 0 Å². The van der Waals surface area contributed by atoms with Crippen LogP contribution in [0.25, 0.3) is 0 Å². The highest BCUT2D eigenvalue weighted by molar-refractivity contribution is 5.26. The van der Waals surface area contributed by atoms with E-state index in [1.807, 2.05) is 6.92 Å². The number of aliphatic hydroxyl groups is 2. The Morgan fingerprint density at radius 1 is 1.03 bits per heavy atom. The van der Waals surface area contributed by atoms with E-state index >= 15 is 0 Å². The molecule has 0 aromatic heterocycles. The van der Waals surface area contributed by atoms with Gasteiger partial charge in [-0.2, -0.15) is 0 Å². The molecule has 0 aliphatic heterocycles. The fourth-order valence-electron chi connectivity index (χ4n) is 9.34. The van der Waals surface area contributed by atoms with Gasteiger partial charge in [-0.05, 0) is 118 Å². The molecule has 0 bridgehead atoms. The van der Waals surface area contributed by atoms with Gasteiger partial charge in [0, 0.05) is 0 Å². The highest BCUT2D eigenvalue weighted by atomic mass is 16.3. The first-order chi connectivity index (χ1) is 15.0. The van der Waals surface area contributed by atoms with Crippen LogP contribution in [0, 0.1) is 40.4 Å². The number of hydrogen-bond acceptors (Lipinski definition) is 2. The van der Waals surface area contributed by atoms with Crippen molar-refractivity contribution in [1.82, 2.24) is 0 Å². The Labute approximate surface area is 198 Å². The highest BCUT2D eigenvalue weighted by Gasteiger charge is 2.59. The van der Waals surface area contributed by atoms with E-state index in [-0.39, 0.29) is 0 Å². The molecule has 0 aromatic rings. The average Bonchev–Trinajstić information content (AvgIpc) is 3.11. The maximum atomic E-state index is 10.7. The maximum Gasteiger partial charge on any atom is 0.0657 e. The summed E-state index contributed by atoms with van der Waals surface area (Å²) in [6.07, 6.45) is 17.7. The summed E-state index contributed by atoms with van der Waals surface area (Å²) in [6, 6.07) is 0. The molecule has 2 heteroatoms. The summed E-state index contributed by atoms with van der Waals surface area (Å²) in [6.45, 7) is 14.0. The molecule has 184 valence electrons. The molecule has 3 fully saturated rings. The van der Waals surface area contributed by atoms with Gasteiger partial charge in [0.1, 0.15) is 0 Å². The monoisotopic (exact) mass is 444 g/mol. The highest BCUT2D eigenvalue weighted by Crippen LogP contribution is 2.67. The average molecular weight is 445 g/mol. The van der Waals surface area contributed by atoms with Gasteiger partial charge < -0.3 is 10.2 Å². The van der Waals surface area contributed by atoms with Gasteiger partial charge in [-0.15, -0.1) is 0 Å². The van der Waals surface area contributed by atoms with Crippen LogP contribution in [0.3, 0.4) is 0 Å². The fraction of sp³-hybridized carbons (Fsp3) is 0.933. The molecule has 0 saturated heterocycles. The third kappa shape index (κ3) is 4.15. The van der Waals surface area contributed by atoms with E-state index in [2.05, 4.69) is 40.7 Å². The van der Waals surface area contributed by atoms with Crippen LogP contribution >= 0.6 is 0 Å². The van der Waals surface area contributed by atoms with Crippen LogP contribution in [0.15, 0.2) is 11.6 Å². The van der Waals surface area contributed by atoms with Gasteiger partial charge in [0.2, 0.25) is 0 Å². The summed E-state index contributed by atoms with van der Waals surface area (Å²) in [4.78, 5) is 0. The lowest BCUT2D eigenvalue weighted by Crippen LogP contribution is -2.52. The molecule has 4 rings (SSSR count). The molecule has 0 heterocycles. The Morgan fingerprint density at radius 2 is 1.75 bits per heavy atom. The van der Waals surface area contributed by atoms with Crippen LogP contribution in [-0.4, -0.2) is 21.4 Å². The number of hydrogen-bond donors (Lipinski definition) is 2. The fourth-order valence-corrected chi connectivity index (χ4v) is 9.34. The van der Waals surface area contributed by atoms with E-state index in [9.17, 15) is 10.2 Å². The molecular formula is C30H52O2. The summed E-state index contributed by atoms with van der Waals surface area (Å²) < 4.78 is 0. The zero-order chi connectivity index (χ0) is 23.4. The lowest BCUT2D eigenvalue weighted by Gasteiger charge is -2.59.